The fraction of sp³-hybridized carbons (Fsp3) is 0.364. The lowest BCUT2D eigenvalue weighted by Crippen LogP contribution is -2.25. The highest BCUT2D eigenvalue weighted by atomic mass is 79.9. The molecule has 0 aromatic heterocycles. The first-order valence-corrected chi connectivity index (χ1v) is 8.04. The second kappa shape index (κ2) is 7.23. The van der Waals surface area contributed by atoms with Crippen LogP contribution in [0.5, 0.6) is 0 Å². The Labute approximate surface area is 125 Å². The smallest absolute Gasteiger partial charge is 0.305 e. The maximum absolute atomic E-state index is 11.9. The van der Waals surface area contributed by atoms with E-state index in [4.69, 9.17) is 11.6 Å². The van der Waals surface area contributed by atoms with Crippen molar-refractivity contribution < 1.29 is 17.9 Å². The second-order valence-electron chi connectivity index (χ2n) is 3.65. The van der Waals surface area contributed by atoms with Crippen LogP contribution in [0.1, 0.15) is 12.8 Å². The Hall–Kier alpha value is -0.630. The summed E-state index contributed by atoms with van der Waals surface area (Å²) in [5.41, 5.74) is 0. The van der Waals surface area contributed by atoms with Crippen molar-refractivity contribution in [2.45, 2.75) is 17.7 Å². The molecule has 1 aromatic rings. The first-order chi connectivity index (χ1) is 8.86. The molecule has 0 radical (unpaired) electrons. The van der Waals surface area contributed by atoms with Crippen LogP contribution in [0.4, 0.5) is 0 Å². The van der Waals surface area contributed by atoms with Gasteiger partial charge in [0.2, 0.25) is 10.0 Å². The molecule has 0 heterocycles. The van der Waals surface area contributed by atoms with Gasteiger partial charge in [0, 0.05) is 17.4 Å². The third-order valence-corrected chi connectivity index (χ3v) is 4.95. The number of halogens is 2. The Morgan fingerprint density at radius 1 is 1.47 bits per heavy atom. The summed E-state index contributed by atoms with van der Waals surface area (Å²) in [6.45, 7) is 0.164. The molecule has 5 nitrogen and oxygen atoms in total. The largest absolute Gasteiger partial charge is 0.469 e. The second-order valence-corrected chi connectivity index (χ2v) is 6.68. The van der Waals surface area contributed by atoms with Crippen LogP contribution in [0.2, 0.25) is 5.02 Å². The standard InChI is InChI=1S/C11H13BrClNO4S/c1-18-11(15)3-2-6-14-19(16,17)8-4-5-10(13)9(12)7-8/h4-5,7,14H,2-3,6H2,1H3. The Balaban J connectivity index is 2.61. The molecule has 8 heteroatoms. The van der Waals surface area contributed by atoms with Crippen LogP contribution >= 0.6 is 27.5 Å². The molecule has 0 unspecified atom stereocenters. The minimum atomic E-state index is -3.59. The zero-order valence-corrected chi connectivity index (χ0v) is 13.3. The van der Waals surface area contributed by atoms with Gasteiger partial charge in [-0.15, -0.1) is 0 Å². The van der Waals surface area contributed by atoms with E-state index in [0.717, 1.165) is 0 Å². The molecule has 0 aliphatic carbocycles. The van der Waals surface area contributed by atoms with E-state index in [0.29, 0.717) is 15.9 Å². The molecular weight excluding hydrogens is 358 g/mol. The number of benzene rings is 1. The highest BCUT2D eigenvalue weighted by Gasteiger charge is 2.14. The molecule has 0 saturated carbocycles. The van der Waals surface area contributed by atoms with Crippen molar-refractivity contribution in [2.75, 3.05) is 13.7 Å². The number of carbonyl (C=O) groups is 1. The van der Waals surface area contributed by atoms with Gasteiger partial charge in [-0.1, -0.05) is 11.6 Å². The molecule has 0 fully saturated rings. The Morgan fingerprint density at radius 3 is 2.74 bits per heavy atom. The average molecular weight is 371 g/mol. The maximum Gasteiger partial charge on any atom is 0.305 e. The molecule has 0 saturated heterocycles. The van der Waals surface area contributed by atoms with Crippen molar-refractivity contribution >= 4 is 43.5 Å². The molecule has 0 spiro atoms. The molecule has 0 amide bonds. The van der Waals surface area contributed by atoms with Gasteiger partial charge in [0.15, 0.2) is 0 Å². The zero-order chi connectivity index (χ0) is 14.5. The number of carbonyl (C=O) groups excluding carboxylic acids is 1. The number of sulfonamides is 1. The molecule has 0 aliphatic rings. The molecule has 19 heavy (non-hydrogen) atoms. The van der Waals surface area contributed by atoms with Gasteiger partial charge < -0.3 is 4.74 Å². The first-order valence-electron chi connectivity index (χ1n) is 5.38. The SMILES string of the molecule is COC(=O)CCCNS(=O)(=O)c1ccc(Cl)c(Br)c1. The van der Waals surface area contributed by atoms with Crippen LogP contribution in [-0.4, -0.2) is 28.0 Å². The predicted molar refractivity (Wildman–Crippen MR) is 75.6 cm³/mol. The maximum atomic E-state index is 11.9. The summed E-state index contributed by atoms with van der Waals surface area (Å²) >= 11 is 8.96. The first kappa shape index (κ1) is 16.4. The van der Waals surface area contributed by atoms with E-state index >= 15 is 0 Å². The highest BCUT2D eigenvalue weighted by molar-refractivity contribution is 9.10. The van der Waals surface area contributed by atoms with Gasteiger partial charge in [0.05, 0.1) is 17.0 Å². The van der Waals surface area contributed by atoms with Gasteiger partial charge in [-0.05, 0) is 40.5 Å². The van der Waals surface area contributed by atoms with Gasteiger partial charge in [-0.25, -0.2) is 13.1 Å². The molecule has 0 atom stereocenters. The number of esters is 1. The van der Waals surface area contributed by atoms with E-state index in [9.17, 15) is 13.2 Å². The van der Waals surface area contributed by atoms with Crippen molar-refractivity contribution in [1.82, 2.24) is 4.72 Å². The van der Waals surface area contributed by atoms with E-state index in [2.05, 4.69) is 25.4 Å². The van der Waals surface area contributed by atoms with Gasteiger partial charge in [-0.2, -0.15) is 0 Å². The third-order valence-electron chi connectivity index (χ3n) is 2.28. The quantitative estimate of drug-likeness (QED) is 0.616. The van der Waals surface area contributed by atoms with Crippen LogP contribution in [0, 0.1) is 0 Å². The number of ether oxygens (including phenoxy) is 1. The van der Waals surface area contributed by atoms with Crippen molar-refractivity contribution in [1.29, 1.82) is 0 Å². The van der Waals surface area contributed by atoms with Crippen LogP contribution in [0.25, 0.3) is 0 Å². The van der Waals surface area contributed by atoms with Crippen molar-refractivity contribution in [3.63, 3.8) is 0 Å². The lowest BCUT2D eigenvalue weighted by Gasteiger charge is -2.07. The Kier molecular flexibility index (Phi) is 6.25. The van der Waals surface area contributed by atoms with E-state index < -0.39 is 10.0 Å². The van der Waals surface area contributed by atoms with Gasteiger partial charge >= 0.3 is 5.97 Å². The van der Waals surface area contributed by atoms with E-state index in [1.54, 1.807) is 0 Å². The normalized spacial score (nSPS) is 11.3. The van der Waals surface area contributed by atoms with Crippen LogP contribution in [-0.2, 0) is 19.6 Å². The van der Waals surface area contributed by atoms with Crippen LogP contribution in [0.3, 0.4) is 0 Å². The topological polar surface area (TPSA) is 72.5 Å². The number of rotatable bonds is 6. The predicted octanol–water partition coefficient (Wildman–Crippen LogP) is 2.33. The van der Waals surface area contributed by atoms with Crippen LogP contribution in [0.15, 0.2) is 27.6 Å². The molecule has 0 bridgehead atoms. The average Bonchev–Trinajstić information content (AvgIpc) is 2.37. The van der Waals surface area contributed by atoms with Crippen molar-refractivity contribution in [3.8, 4) is 0 Å². The minimum absolute atomic E-state index is 0.113. The zero-order valence-electron chi connectivity index (χ0n) is 10.2. The molecule has 0 aliphatic heterocycles. The molecular formula is C11H13BrClNO4S. The summed E-state index contributed by atoms with van der Waals surface area (Å²) in [4.78, 5) is 11.0. The number of hydrogen-bond acceptors (Lipinski definition) is 4. The van der Waals surface area contributed by atoms with E-state index in [-0.39, 0.29) is 23.8 Å². The lowest BCUT2D eigenvalue weighted by molar-refractivity contribution is -0.140. The third kappa shape index (κ3) is 5.10. The summed E-state index contributed by atoms with van der Waals surface area (Å²) in [5, 5.41) is 0.435. The van der Waals surface area contributed by atoms with E-state index in [1.165, 1.54) is 25.3 Å². The van der Waals surface area contributed by atoms with E-state index in [1.807, 2.05) is 0 Å². The van der Waals surface area contributed by atoms with Gasteiger partial charge in [0.25, 0.3) is 0 Å². The van der Waals surface area contributed by atoms with Crippen molar-refractivity contribution in [2.24, 2.45) is 0 Å². The summed E-state index contributed by atoms with van der Waals surface area (Å²) in [5.74, 6) is -0.367. The number of nitrogens with one attached hydrogen (secondary N) is 1. The molecule has 1 N–H and O–H groups in total. The van der Waals surface area contributed by atoms with Crippen molar-refractivity contribution in [3.05, 3.63) is 27.7 Å². The fourth-order valence-electron chi connectivity index (χ4n) is 1.27. The minimum Gasteiger partial charge on any atom is -0.469 e. The Morgan fingerprint density at radius 2 is 2.16 bits per heavy atom. The summed E-state index contributed by atoms with van der Waals surface area (Å²) in [6, 6.07) is 4.33. The van der Waals surface area contributed by atoms with Gasteiger partial charge in [0.1, 0.15) is 0 Å². The number of hydrogen-bond donors (Lipinski definition) is 1. The Bertz CT molecular complexity index is 562. The highest BCUT2D eigenvalue weighted by Crippen LogP contribution is 2.25. The van der Waals surface area contributed by atoms with Crippen LogP contribution < -0.4 is 4.72 Å². The molecule has 1 aromatic carbocycles. The summed E-state index contributed by atoms with van der Waals surface area (Å²) < 4.78 is 31.2. The summed E-state index contributed by atoms with van der Waals surface area (Å²) in [7, 11) is -2.31. The number of methoxy groups -OCH3 is 1. The monoisotopic (exact) mass is 369 g/mol. The fourth-order valence-corrected chi connectivity index (χ4v) is 3.02. The lowest BCUT2D eigenvalue weighted by atomic mass is 10.3. The van der Waals surface area contributed by atoms with Gasteiger partial charge in [-0.3, -0.25) is 4.79 Å². The molecule has 1 rings (SSSR count). The summed E-state index contributed by atoms with van der Waals surface area (Å²) in [6.07, 6.45) is 0.546. The molecule has 106 valence electrons.